The summed E-state index contributed by atoms with van der Waals surface area (Å²) in [6.45, 7) is 5.31. The first-order chi connectivity index (χ1) is 7.97. The number of nitrogens with zero attached hydrogens (tertiary/aromatic N) is 1. The minimum absolute atomic E-state index is 0.271. The van der Waals surface area contributed by atoms with Crippen LogP contribution in [0.15, 0.2) is 23.0 Å². The average Bonchev–Trinajstić information content (AvgIpc) is 2.13. The third kappa shape index (κ3) is 2.25. The van der Waals surface area contributed by atoms with Gasteiger partial charge in [-0.25, -0.2) is 9.37 Å². The van der Waals surface area contributed by atoms with Gasteiger partial charge in [0.15, 0.2) is 0 Å². The van der Waals surface area contributed by atoms with Crippen LogP contribution in [0.1, 0.15) is 17.0 Å². The van der Waals surface area contributed by atoms with Gasteiger partial charge in [0, 0.05) is 11.6 Å². The van der Waals surface area contributed by atoms with Gasteiger partial charge in [0.05, 0.1) is 5.69 Å². The largest absolute Gasteiger partial charge is 0.311 e. The smallest absolute Gasteiger partial charge is 0.251 e. The minimum atomic E-state index is -0.347. The van der Waals surface area contributed by atoms with Crippen LogP contribution in [-0.2, 0) is 0 Å². The molecule has 1 N–H and O–H groups in total. The van der Waals surface area contributed by atoms with Crippen LogP contribution < -0.4 is 5.56 Å². The highest BCUT2D eigenvalue weighted by Crippen LogP contribution is 2.25. The van der Waals surface area contributed by atoms with Gasteiger partial charge in [-0.15, -0.1) is 0 Å². The Bertz CT molecular complexity index is 609. The van der Waals surface area contributed by atoms with Crippen LogP contribution in [0.25, 0.3) is 11.3 Å². The van der Waals surface area contributed by atoms with Crippen molar-refractivity contribution in [3.05, 3.63) is 51.3 Å². The standard InChI is InChI=1S/C13H13FN2O/c1-7-4-8(2)13(10(14)5-7)11-6-12(17)16-9(3)15-11/h4-6H,1-3H3,(H,15,16,17). The number of halogens is 1. The van der Waals surface area contributed by atoms with Crippen LogP contribution in [0.3, 0.4) is 0 Å². The predicted octanol–water partition coefficient (Wildman–Crippen LogP) is 2.50. The van der Waals surface area contributed by atoms with Crippen molar-refractivity contribution in [1.29, 1.82) is 0 Å². The van der Waals surface area contributed by atoms with Crippen molar-refractivity contribution in [3.8, 4) is 11.3 Å². The van der Waals surface area contributed by atoms with Gasteiger partial charge in [0.2, 0.25) is 0 Å². The summed E-state index contributed by atoms with van der Waals surface area (Å²) in [5, 5.41) is 0. The quantitative estimate of drug-likeness (QED) is 0.821. The maximum Gasteiger partial charge on any atom is 0.251 e. The van der Waals surface area contributed by atoms with Gasteiger partial charge < -0.3 is 4.98 Å². The lowest BCUT2D eigenvalue weighted by molar-refractivity contribution is 0.628. The molecule has 0 bridgehead atoms. The van der Waals surface area contributed by atoms with Crippen molar-refractivity contribution in [2.24, 2.45) is 0 Å². The molecule has 17 heavy (non-hydrogen) atoms. The van der Waals surface area contributed by atoms with E-state index in [9.17, 15) is 9.18 Å². The summed E-state index contributed by atoms with van der Waals surface area (Å²) in [4.78, 5) is 18.1. The second kappa shape index (κ2) is 4.13. The third-order valence-corrected chi connectivity index (χ3v) is 2.55. The Hall–Kier alpha value is -1.97. The number of hydrogen-bond donors (Lipinski definition) is 1. The summed E-state index contributed by atoms with van der Waals surface area (Å²) in [6, 6.07) is 4.63. The molecule has 0 fully saturated rings. The van der Waals surface area contributed by atoms with E-state index in [1.165, 1.54) is 12.1 Å². The first kappa shape index (κ1) is 11.5. The summed E-state index contributed by atoms with van der Waals surface area (Å²) < 4.78 is 13.9. The van der Waals surface area contributed by atoms with Gasteiger partial charge in [-0.1, -0.05) is 6.07 Å². The molecule has 3 nitrogen and oxygen atoms in total. The molecule has 4 heteroatoms. The summed E-state index contributed by atoms with van der Waals surface area (Å²) in [5.74, 6) is 0.131. The SMILES string of the molecule is Cc1cc(C)c(-c2cc(=O)[nH]c(C)n2)c(F)c1. The predicted molar refractivity (Wildman–Crippen MR) is 64.5 cm³/mol. The zero-order chi connectivity index (χ0) is 12.6. The molecule has 0 amide bonds. The fourth-order valence-electron chi connectivity index (χ4n) is 1.95. The van der Waals surface area contributed by atoms with E-state index in [-0.39, 0.29) is 11.4 Å². The number of benzene rings is 1. The second-order valence-corrected chi connectivity index (χ2v) is 4.15. The highest BCUT2D eigenvalue weighted by atomic mass is 19.1. The zero-order valence-electron chi connectivity index (χ0n) is 9.97. The van der Waals surface area contributed by atoms with E-state index in [1.54, 1.807) is 6.92 Å². The Morgan fingerprint density at radius 3 is 2.47 bits per heavy atom. The van der Waals surface area contributed by atoms with Gasteiger partial charge in [-0.3, -0.25) is 4.79 Å². The van der Waals surface area contributed by atoms with Crippen molar-refractivity contribution < 1.29 is 4.39 Å². The molecule has 2 aromatic rings. The first-order valence-corrected chi connectivity index (χ1v) is 5.32. The Morgan fingerprint density at radius 1 is 1.18 bits per heavy atom. The van der Waals surface area contributed by atoms with Crippen molar-refractivity contribution in [3.63, 3.8) is 0 Å². The molecule has 0 aliphatic rings. The van der Waals surface area contributed by atoms with E-state index in [1.807, 2.05) is 19.9 Å². The van der Waals surface area contributed by atoms with E-state index in [4.69, 9.17) is 0 Å². The van der Waals surface area contributed by atoms with E-state index in [0.29, 0.717) is 17.1 Å². The molecule has 0 atom stereocenters. The lowest BCUT2D eigenvalue weighted by atomic mass is 10.0. The molecule has 0 aliphatic heterocycles. The molecule has 0 radical (unpaired) electrons. The van der Waals surface area contributed by atoms with Gasteiger partial charge in [0.1, 0.15) is 11.6 Å². The molecular weight excluding hydrogens is 219 g/mol. The monoisotopic (exact) mass is 232 g/mol. The molecule has 1 aromatic heterocycles. The van der Waals surface area contributed by atoms with Gasteiger partial charge >= 0.3 is 0 Å². The van der Waals surface area contributed by atoms with E-state index >= 15 is 0 Å². The van der Waals surface area contributed by atoms with Crippen LogP contribution in [0.5, 0.6) is 0 Å². The number of rotatable bonds is 1. The molecule has 0 spiro atoms. The summed E-state index contributed by atoms with van der Waals surface area (Å²) in [6.07, 6.45) is 0. The number of aryl methyl sites for hydroxylation is 3. The maximum absolute atomic E-state index is 13.9. The molecule has 1 heterocycles. The second-order valence-electron chi connectivity index (χ2n) is 4.15. The average molecular weight is 232 g/mol. The lowest BCUT2D eigenvalue weighted by Gasteiger charge is -2.08. The van der Waals surface area contributed by atoms with Crippen LogP contribution in [0.4, 0.5) is 4.39 Å². The van der Waals surface area contributed by atoms with E-state index in [2.05, 4.69) is 9.97 Å². The Balaban J connectivity index is 2.72. The van der Waals surface area contributed by atoms with E-state index < -0.39 is 0 Å². The highest BCUT2D eigenvalue weighted by Gasteiger charge is 2.11. The Morgan fingerprint density at radius 2 is 1.88 bits per heavy atom. The fraction of sp³-hybridized carbons (Fsp3) is 0.231. The first-order valence-electron chi connectivity index (χ1n) is 5.32. The van der Waals surface area contributed by atoms with Crippen LogP contribution >= 0.6 is 0 Å². The Kier molecular flexibility index (Phi) is 2.79. The zero-order valence-corrected chi connectivity index (χ0v) is 9.97. The number of H-pyrrole nitrogens is 1. The topological polar surface area (TPSA) is 45.8 Å². The maximum atomic E-state index is 13.9. The number of hydrogen-bond acceptors (Lipinski definition) is 2. The molecular formula is C13H13FN2O. The van der Waals surface area contributed by atoms with Crippen molar-refractivity contribution >= 4 is 0 Å². The molecule has 0 saturated heterocycles. The van der Waals surface area contributed by atoms with Gasteiger partial charge in [0.25, 0.3) is 5.56 Å². The normalized spacial score (nSPS) is 10.6. The van der Waals surface area contributed by atoms with Crippen LogP contribution in [0, 0.1) is 26.6 Å². The lowest BCUT2D eigenvalue weighted by Crippen LogP contribution is -2.09. The van der Waals surface area contributed by atoms with Crippen molar-refractivity contribution in [2.45, 2.75) is 20.8 Å². The number of nitrogens with one attached hydrogen (secondary N) is 1. The number of aromatic amines is 1. The number of aromatic nitrogens is 2. The van der Waals surface area contributed by atoms with Crippen LogP contribution in [0.2, 0.25) is 0 Å². The highest BCUT2D eigenvalue weighted by molar-refractivity contribution is 5.64. The molecule has 0 unspecified atom stereocenters. The van der Waals surface area contributed by atoms with Gasteiger partial charge in [-0.05, 0) is 38.0 Å². The van der Waals surface area contributed by atoms with Crippen LogP contribution in [-0.4, -0.2) is 9.97 Å². The summed E-state index contributed by atoms with van der Waals surface area (Å²) in [7, 11) is 0. The summed E-state index contributed by atoms with van der Waals surface area (Å²) >= 11 is 0. The van der Waals surface area contributed by atoms with Gasteiger partial charge in [-0.2, -0.15) is 0 Å². The molecule has 2 rings (SSSR count). The molecule has 0 aliphatic carbocycles. The fourth-order valence-corrected chi connectivity index (χ4v) is 1.95. The minimum Gasteiger partial charge on any atom is -0.311 e. The third-order valence-electron chi connectivity index (χ3n) is 2.55. The summed E-state index contributed by atoms with van der Waals surface area (Å²) in [5.41, 5.74) is 2.13. The van der Waals surface area contributed by atoms with Crippen molar-refractivity contribution in [1.82, 2.24) is 9.97 Å². The van der Waals surface area contributed by atoms with E-state index in [0.717, 1.165) is 11.1 Å². The molecule has 1 aromatic carbocycles. The molecule has 88 valence electrons. The Labute approximate surface area is 98.3 Å². The molecule has 0 saturated carbocycles. The van der Waals surface area contributed by atoms with Crippen molar-refractivity contribution in [2.75, 3.05) is 0 Å².